The summed E-state index contributed by atoms with van der Waals surface area (Å²) in [5.41, 5.74) is 25.5. The molecule has 7 heteroatoms. The third-order valence-corrected chi connectivity index (χ3v) is 12.9. The molecule has 3 heterocycles. The van der Waals surface area contributed by atoms with Crippen molar-refractivity contribution >= 4 is 11.6 Å². The van der Waals surface area contributed by atoms with E-state index in [-0.39, 0.29) is 11.6 Å². The smallest absolute Gasteiger partial charge is 0.126 e. The van der Waals surface area contributed by atoms with Crippen LogP contribution < -0.4 is 4.74 Å². The van der Waals surface area contributed by atoms with Crippen LogP contribution in [0, 0.1) is 164 Å². The molecular weight excluding hydrogens is 948 g/mol. The lowest BCUT2D eigenvalue weighted by atomic mass is 10.1. The molecule has 0 aliphatic rings. The molecule has 8 aromatic rings. The Hall–Kier alpha value is -6.50. The number of ether oxygens (including phenoxy) is 1. The van der Waals surface area contributed by atoms with Crippen LogP contribution in [-0.2, 0) is 0 Å². The van der Waals surface area contributed by atoms with Gasteiger partial charge in [-0.25, -0.2) is 8.78 Å². The van der Waals surface area contributed by atoms with Gasteiger partial charge in [-0.2, -0.15) is 0 Å². The summed E-state index contributed by atoms with van der Waals surface area (Å²) in [5, 5.41) is 0.856. The SMILES string of the molecule is COc1cc(C)cc(C)c1C.Cc1cc(C)c(C)c(F)c1.Cc1cc(C)c(C)cn1.Cc1ccc(C)c(C)c1.Cc1ccc(C)c(C)n1.Cc1ccc(C)c(Cl)c1.Cc1ccc(C)c(F)c1.Cc1cnc(C)c(C)c1. The molecule has 0 fully saturated rings. The van der Waals surface area contributed by atoms with E-state index >= 15 is 0 Å². The van der Waals surface area contributed by atoms with Crippen molar-refractivity contribution in [2.24, 2.45) is 0 Å². The van der Waals surface area contributed by atoms with Gasteiger partial charge in [0.1, 0.15) is 17.4 Å². The summed E-state index contributed by atoms with van der Waals surface area (Å²) in [7, 11) is 1.71. The van der Waals surface area contributed by atoms with E-state index in [4.69, 9.17) is 16.3 Å². The van der Waals surface area contributed by atoms with Crippen LogP contribution in [0.1, 0.15) is 123 Å². The fraction of sp³-hybridized carbons (Fsp3) is 0.338. The van der Waals surface area contributed by atoms with Gasteiger partial charge in [-0.05, 0) is 283 Å². The number of hydrogen-bond donors (Lipinski definition) is 0. The van der Waals surface area contributed by atoms with Gasteiger partial charge in [-0.3, -0.25) is 15.0 Å². The third kappa shape index (κ3) is 26.0. The summed E-state index contributed by atoms with van der Waals surface area (Å²) in [6.45, 7) is 44.4. The zero-order valence-electron chi connectivity index (χ0n) is 49.9. The Kier molecular flexibility index (Phi) is 29.6. The highest BCUT2D eigenvalue weighted by molar-refractivity contribution is 6.31. The van der Waals surface area contributed by atoms with Gasteiger partial charge < -0.3 is 4.74 Å². The van der Waals surface area contributed by atoms with Crippen LogP contribution in [0.25, 0.3) is 0 Å². The van der Waals surface area contributed by atoms with Gasteiger partial charge in [0.25, 0.3) is 0 Å². The van der Waals surface area contributed by atoms with Crippen molar-refractivity contribution in [1.82, 2.24) is 15.0 Å². The molecule has 75 heavy (non-hydrogen) atoms. The maximum atomic E-state index is 12.8. The van der Waals surface area contributed by atoms with Gasteiger partial charge in [0.2, 0.25) is 0 Å². The van der Waals surface area contributed by atoms with Crippen molar-refractivity contribution < 1.29 is 13.5 Å². The quantitative estimate of drug-likeness (QED) is 0.164. The molecule has 8 rings (SSSR count). The van der Waals surface area contributed by atoms with Crippen molar-refractivity contribution in [1.29, 1.82) is 0 Å². The average molecular weight is 1040 g/mol. The van der Waals surface area contributed by atoms with E-state index in [9.17, 15) is 8.78 Å². The van der Waals surface area contributed by atoms with Gasteiger partial charge >= 0.3 is 0 Å². The monoisotopic (exact) mass is 1040 g/mol. The molecule has 402 valence electrons. The van der Waals surface area contributed by atoms with Crippen molar-refractivity contribution in [3.05, 3.63) is 255 Å². The first kappa shape index (κ1) is 66.5. The number of hydrogen-bond acceptors (Lipinski definition) is 4. The van der Waals surface area contributed by atoms with E-state index in [1.807, 2.05) is 105 Å². The van der Waals surface area contributed by atoms with Crippen molar-refractivity contribution in [3.63, 3.8) is 0 Å². The zero-order valence-corrected chi connectivity index (χ0v) is 50.6. The van der Waals surface area contributed by atoms with Gasteiger partial charge in [-0.1, -0.05) is 83.9 Å². The second kappa shape index (κ2) is 33.4. The van der Waals surface area contributed by atoms with E-state index in [2.05, 4.69) is 146 Å². The zero-order chi connectivity index (χ0) is 57.3. The maximum absolute atomic E-state index is 12.8. The summed E-state index contributed by atoms with van der Waals surface area (Å²) < 4.78 is 30.6. The largest absolute Gasteiger partial charge is 0.496 e. The number of aryl methyl sites for hydroxylation is 20. The summed E-state index contributed by atoms with van der Waals surface area (Å²) in [4.78, 5) is 12.6. The molecular formula is C68H88ClF2N3O. The Bertz CT molecular complexity index is 2640. The van der Waals surface area contributed by atoms with Gasteiger partial charge in [-0.15, -0.1) is 0 Å². The van der Waals surface area contributed by atoms with E-state index in [0.717, 1.165) is 61.4 Å². The predicted octanol–water partition coefficient (Wildman–Crippen LogP) is 19.4. The fourth-order valence-electron chi connectivity index (χ4n) is 6.79. The highest BCUT2D eigenvalue weighted by atomic mass is 35.5. The Morgan fingerprint density at radius 3 is 1.23 bits per heavy atom. The molecule has 0 saturated carbocycles. The van der Waals surface area contributed by atoms with Crippen LogP contribution >= 0.6 is 11.6 Å². The topological polar surface area (TPSA) is 47.9 Å². The second-order valence-electron chi connectivity index (χ2n) is 19.9. The number of rotatable bonds is 1. The number of methoxy groups -OCH3 is 1. The Labute approximate surface area is 458 Å². The normalized spacial score (nSPS) is 9.73. The number of aromatic nitrogens is 3. The number of nitrogens with zero attached hydrogens (tertiary/aromatic N) is 3. The third-order valence-electron chi connectivity index (χ3n) is 12.5. The molecule has 3 aromatic heterocycles. The van der Waals surface area contributed by atoms with E-state index in [1.54, 1.807) is 33.1 Å². The lowest BCUT2D eigenvalue weighted by molar-refractivity contribution is 0.411. The molecule has 0 N–H and O–H groups in total. The van der Waals surface area contributed by atoms with Crippen LogP contribution in [0.4, 0.5) is 8.78 Å². The van der Waals surface area contributed by atoms with Crippen LogP contribution in [0.15, 0.2) is 116 Å². The summed E-state index contributed by atoms with van der Waals surface area (Å²) in [6, 6.07) is 33.9. The molecule has 0 atom stereocenters. The van der Waals surface area contributed by atoms with Crippen molar-refractivity contribution in [2.45, 2.75) is 152 Å². The molecule has 5 aromatic carbocycles. The first-order valence-corrected chi connectivity index (χ1v) is 25.9. The number of benzene rings is 5. The highest BCUT2D eigenvalue weighted by Gasteiger charge is 2.02. The van der Waals surface area contributed by atoms with E-state index in [1.165, 1.54) is 72.8 Å². The van der Waals surface area contributed by atoms with Gasteiger partial charge in [0, 0.05) is 40.2 Å². The molecule has 4 nitrogen and oxygen atoms in total. The molecule has 0 amide bonds. The van der Waals surface area contributed by atoms with Crippen LogP contribution in [0.5, 0.6) is 5.75 Å². The minimum absolute atomic E-state index is 0.0995. The molecule has 0 aliphatic heterocycles. The average Bonchev–Trinajstić information content (AvgIpc) is 3.33. The lowest BCUT2D eigenvalue weighted by Crippen LogP contribution is -1.90. The van der Waals surface area contributed by atoms with E-state index in [0.29, 0.717) is 5.56 Å². The first-order valence-electron chi connectivity index (χ1n) is 25.5. The summed E-state index contributed by atoms with van der Waals surface area (Å²) in [6.07, 6.45) is 3.80. The Morgan fingerprint density at radius 1 is 0.333 bits per heavy atom. The lowest BCUT2D eigenvalue weighted by Gasteiger charge is -2.08. The standard InChI is InChI=1S/C10H14O.C9H11F.C9H12.C8H9Cl.C8H9F.3C8H11N/c1-7-5-8(2)9(3)10(6-7)11-4;1-6-4-7(2)8(3)9(10)5-6;1-7-4-5-8(2)9(3)6-7;2*1-6-3-4-7(2)8(9)5-6;1-6-4-8(3)9-5-7(6)2;1-6-4-7(2)8(3)9-5-6;1-6-4-5-7(2)9-8(6)3/h5-6H,1-4H3;4-5H,1-3H3;4-6H,1-3H3;2*3-5H,1-2H3;3*4-5H,1-3H3. The van der Waals surface area contributed by atoms with Gasteiger partial charge in [0.05, 0.1) is 7.11 Å². The predicted molar refractivity (Wildman–Crippen MR) is 321 cm³/mol. The Balaban J connectivity index is 0.000000429. The summed E-state index contributed by atoms with van der Waals surface area (Å²) >= 11 is 5.81. The van der Waals surface area contributed by atoms with Crippen molar-refractivity contribution in [2.75, 3.05) is 7.11 Å². The molecule has 0 saturated heterocycles. The second-order valence-corrected chi connectivity index (χ2v) is 20.3. The van der Waals surface area contributed by atoms with Crippen molar-refractivity contribution in [3.8, 4) is 5.75 Å². The molecule has 0 aliphatic carbocycles. The van der Waals surface area contributed by atoms with E-state index < -0.39 is 0 Å². The molecule has 0 bridgehead atoms. The number of halogens is 3. The van der Waals surface area contributed by atoms with Crippen LogP contribution in [0.2, 0.25) is 5.02 Å². The van der Waals surface area contributed by atoms with Gasteiger partial charge in [0.15, 0.2) is 0 Å². The van der Waals surface area contributed by atoms with Crippen LogP contribution in [0.3, 0.4) is 0 Å². The minimum Gasteiger partial charge on any atom is -0.496 e. The minimum atomic E-state index is -0.116. The maximum Gasteiger partial charge on any atom is 0.126 e. The fourth-order valence-corrected chi connectivity index (χ4v) is 7.03. The summed E-state index contributed by atoms with van der Waals surface area (Å²) in [5.74, 6) is 0.773. The molecule has 0 radical (unpaired) electrons. The molecule has 0 spiro atoms. The molecule has 0 unspecified atom stereocenters. The van der Waals surface area contributed by atoms with Crippen LogP contribution in [-0.4, -0.2) is 22.1 Å². The Morgan fingerprint density at radius 2 is 0.800 bits per heavy atom. The first-order chi connectivity index (χ1) is 34.9. The highest BCUT2D eigenvalue weighted by Crippen LogP contribution is 2.22. The number of pyridine rings is 3.